The topological polar surface area (TPSA) is 32.3 Å². The summed E-state index contributed by atoms with van der Waals surface area (Å²) in [5.74, 6) is -0.00687. The molecule has 0 saturated carbocycles. The van der Waals surface area contributed by atoms with Gasteiger partial charge in [-0.15, -0.1) is 0 Å². The van der Waals surface area contributed by atoms with Gasteiger partial charge in [0.05, 0.1) is 0 Å². The molecule has 3 nitrogen and oxygen atoms in total. The fraction of sp³-hybridized carbons (Fsp3) is 0.389. The van der Waals surface area contributed by atoms with Crippen LogP contribution in [0.15, 0.2) is 42.5 Å². The molecule has 1 N–H and O–H groups in total. The highest BCUT2D eigenvalue weighted by molar-refractivity contribution is 5.98. The first-order chi connectivity index (χ1) is 9.87. The smallest absolute Gasteiger partial charge is 0.251 e. The van der Waals surface area contributed by atoms with Gasteiger partial charge in [0.1, 0.15) is 0 Å². The Hall–Kier alpha value is -1.87. The first-order valence-corrected chi connectivity index (χ1v) is 7.29. The number of hydrogen-bond donors (Lipinski definition) is 1. The number of amides is 1. The lowest BCUT2D eigenvalue weighted by atomic mass is 9.93. The first-order valence-electron chi connectivity index (χ1n) is 7.29. The number of nitrogens with zero attached hydrogens (tertiary/aromatic N) is 1. The van der Waals surface area contributed by atoms with Crippen LogP contribution in [0, 0.1) is 5.41 Å². The lowest BCUT2D eigenvalue weighted by Gasteiger charge is -2.28. The van der Waals surface area contributed by atoms with Crippen molar-refractivity contribution in [3.05, 3.63) is 48.0 Å². The largest absolute Gasteiger partial charge is 0.351 e. The minimum absolute atomic E-state index is 0.00687. The molecule has 0 bridgehead atoms. The highest BCUT2D eigenvalue weighted by Crippen LogP contribution is 2.17. The molecule has 3 heteroatoms. The van der Waals surface area contributed by atoms with Crippen LogP contribution in [0.5, 0.6) is 0 Å². The van der Waals surface area contributed by atoms with Crippen molar-refractivity contribution in [3.8, 4) is 0 Å². The van der Waals surface area contributed by atoms with E-state index in [0.29, 0.717) is 12.1 Å². The van der Waals surface area contributed by atoms with Crippen LogP contribution in [-0.4, -0.2) is 38.0 Å². The molecule has 2 aromatic rings. The lowest BCUT2D eigenvalue weighted by Crippen LogP contribution is -2.39. The average molecular weight is 284 g/mol. The molecule has 0 aliphatic heterocycles. The van der Waals surface area contributed by atoms with E-state index < -0.39 is 0 Å². The Labute approximate surface area is 127 Å². The van der Waals surface area contributed by atoms with Crippen LogP contribution in [0.4, 0.5) is 0 Å². The van der Waals surface area contributed by atoms with Gasteiger partial charge in [-0.05, 0) is 42.4 Å². The van der Waals surface area contributed by atoms with Crippen LogP contribution in [0.1, 0.15) is 24.2 Å². The van der Waals surface area contributed by atoms with Crippen molar-refractivity contribution in [2.24, 2.45) is 5.41 Å². The lowest BCUT2D eigenvalue weighted by molar-refractivity contribution is 0.0929. The Kier molecular flexibility index (Phi) is 4.63. The van der Waals surface area contributed by atoms with Crippen molar-refractivity contribution < 1.29 is 4.79 Å². The van der Waals surface area contributed by atoms with Crippen LogP contribution in [0.2, 0.25) is 0 Å². The van der Waals surface area contributed by atoms with Gasteiger partial charge in [-0.1, -0.05) is 44.2 Å². The van der Waals surface area contributed by atoms with Crippen LogP contribution in [-0.2, 0) is 0 Å². The molecule has 0 radical (unpaired) electrons. The standard InChI is InChI=1S/C18H24N2O/c1-18(2,13-20(3)4)12-19-17(21)16-10-9-14-7-5-6-8-15(14)11-16/h5-11H,12-13H2,1-4H3,(H,19,21). The number of carbonyl (C=O) groups is 1. The first kappa shape index (κ1) is 15.5. The zero-order valence-corrected chi connectivity index (χ0v) is 13.3. The molecule has 21 heavy (non-hydrogen) atoms. The number of rotatable bonds is 5. The summed E-state index contributed by atoms with van der Waals surface area (Å²) in [4.78, 5) is 14.4. The van der Waals surface area contributed by atoms with Crippen molar-refractivity contribution in [2.45, 2.75) is 13.8 Å². The zero-order chi connectivity index (χ0) is 15.5. The van der Waals surface area contributed by atoms with Gasteiger partial charge in [-0.25, -0.2) is 0 Å². The van der Waals surface area contributed by atoms with Crippen LogP contribution in [0.3, 0.4) is 0 Å². The maximum atomic E-state index is 12.3. The minimum Gasteiger partial charge on any atom is -0.351 e. The number of nitrogens with one attached hydrogen (secondary N) is 1. The Balaban J connectivity index is 2.05. The molecule has 0 atom stereocenters. The van der Waals surface area contributed by atoms with Gasteiger partial charge in [0, 0.05) is 18.7 Å². The molecule has 0 aliphatic carbocycles. The summed E-state index contributed by atoms with van der Waals surface area (Å²) < 4.78 is 0. The summed E-state index contributed by atoms with van der Waals surface area (Å²) in [5, 5.41) is 5.29. The molecule has 0 unspecified atom stereocenters. The molecular formula is C18H24N2O. The third kappa shape index (κ3) is 4.30. The fourth-order valence-electron chi connectivity index (χ4n) is 2.66. The summed E-state index contributed by atoms with van der Waals surface area (Å²) in [6.45, 7) is 5.92. The summed E-state index contributed by atoms with van der Waals surface area (Å²) in [6.07, 6.45) is 0. The maximum Gasteiger partial charge on any atom is 0.251 e. The van der Waals surface area contributed by atoms with Gasteiger partial charge < -0.3 is 10.2 Å². The maximum absolute atomic E-state index is 12.3. The summed E-state index contributed by atoms with van der Waals surface area (Å²) >= 11 is 0. The van der Waals surface area contributed by atoms with Crippen LogP contribution >= 0.6 is 0 Å². The van der Waals surface area contributed by atoms with Crippen molar-refractivity contribution in [3.63, 3.8) is 0 Å². The van der Waals surface area contributed by atoms with Crippen LogP contribution in [0.25, 0.3) is 10.8 Å². The Morgan fingerprint density at radius 3 is 2.43 bits per heavy atom. The SMILES string of the molecule is CN(C)CC(C)(C)CNC(=O)c1ccc2ccccc2c1. The molecule has 0 aliphatic rings. The molecule has 1 amide bonds. The third-order valence-electron chi connectivity index (χ3n) is 3.48. The van der Waals surface area contributed by atoms with E-state index in [0.717, 1.165) is 17.3 Å². The number of carbonyl (C=O) groups excluding carboxylic acids is 1. The zero-order valence-electron chi connectivity index (χ0n) is 13.3. The second-order valence-electron chi connectivity index (χ2n) is 6.65. The second kappa shape index (κ2) is 6.27. The van der Waals surface area contributed by atoms with Crippen molar-refractivity contribution in [1.29, 1.82) is 0 Å². The monoisotopic (exact) mass is 284 g/mol. The fourth-order valence-corrected chi connectivity index (χ4v) is 2.66. The molecule has 0 fully saturated rings. The van der Waals surface area contributed by atoms with Crippen molar-refractivity contribution >= 4 is 16.7 Å². The Morgan fingerprint density at radius 2 is 1.76 bits per heavy atom. The number of benzene rings is 2. The van der Waals surface area contributed by atoms with Gasteiger partial charge in [0.2, 0.25) is 0 Å². The quantitative estimate of drug-likeness (QED) is 0.914. The van der Waals surface area contributed by atoms with Crippen molar-refractivity contribution in [2.75, 3.05) is 27.2 Å². The van der Waals surface area contributed by atoms with Crippen LogP contribution < -0.4 is 5.32 Å². The third-order valence-corrected chi connectivity index (χ3v) is 3.48. The van der Waals surface area contributed by atoms with Gasteiger partial charge >= 0.3 is 0 Å². The minimum atomic E-state index is -0.00687. The van der Waals surface area contributed by atoms with Gasteiger partial charge in [0.25, 0.3) is 5.91 Å². The molecule has 0 heterocycles. The van der Waals surface area contributed by atoms with E-state index in [1.165, 1.54) is 0 Å². The Bertz CT molecular complexity index is 632. The van der Waals surface area contributed by atoms with Gasteiger partial charge in [-0.3, -0.25) is 4.79 Å². The van der Waals surface area contributed by atoms with E-state index in [-0.39, 0.29) is 11.3 Å². The summed E-state index contributed by atoms with van der Waals surface area (Å²) in [7, 11) is 4.10. The molecule has 0 aromatic heterocycles. The molecule has 2 rings (SSSR count). The van der Waals surface area contributed by atoms with Gasteiger partial charge in [-0.2, -0.15) is 0 Å². The van der Waals surface area contributed by atoms with E-state index in [2.05, 4.69) is 30.1 Å². The van der Waals surface area contributed by atoms with E-state index in [4.69, 9.17) is 0 Å². The number of fused-ring (bicyclic) bond motifs is 1. The molecule has 0 saturated heterocycles. The predicted molar refractivity (Wildman–Crippen MR) is 88.6 cm³/mol. The summed E-state index contributed by atoms with van der Waals surface area (Å²) in [6, 6.07) is 13.9. The van der Waals surface area contributed by atoms with Gasteiger partial charge in [0.15, 0.2) is 0 Å². The molecule has 112 valence electrons. The second-order valence-corrected chi connectivity index (χ2v) is 6.65. The molecule has 0 spiro atoms. The predicted octanol–water partition coefficient (Wildman–Crippen LogP) is 3.16. The number of hydrogen-bond acceptors (Lipinski definition) is 2. The molecule has 2 aromatic carbocycles. The highest BCUT2D eigenvalue weighted by Gasteiger charge is 2.20. The van der Waals surface area contributed by atoms with E-state index in [9.17, 15) is 4.79 Å². The van der Waals surface area contributed by atoms with E-state index in [1.807, 2.05) is 50.5 Å². The average Bonchev–Trinajstić information content (AvgIpc) is 2.43. The van der Waals surface area contributed by atoms with E-state index >= 15 is 0 Å². The van der Waals surface area contributed by atoms with E-state index in [1.54, 1.807) is 0 Å². The molecular weight excluding hydrogens is 260 g/mol. The Morgan fingerprint density at radius 1 is 1.10 bits per heavy atom. The summed E-state index contributed by atoms with van der Waals surface area (Å²) in [5.41, 5.74) is 0.769. The van der Waals surface area contributed by atoms with Crippen molar-refractivity contribution in [1.82, 2.24) is 10.2 Å². The highest BCUT2D eigenvalue weighted by atomic mass is 16.1. The normalized spacial score (nSPS) is 11.9.